The Morgan fingerprint density at radius 1 is 1.38 bits per heavy atom. The maximum atomic E-state index is 6.18. The molecular weight excluding hydrogens is 195 g/mol. The molecule has 2 nitrogen and oxygen atoms in total. The van der Waals surface area contributed by atoms with Gasteiger partial charge in [-0.2, -0.15) is 0 Å². The summed E-state index contributed by atoms with van der Waals surface area (Å²) in [6.07, 6.45) is 2.87. The van der Waals surface area contributed by atoms with Crippen LogP contribution in [-0.4, -0.2) is 24.8 Å². The fourth-order valence-corrected chi connectivity index (χ4v) is 2.14. The Labute approximate surface area is 97.8 Å². The average Bonchev–Trinajstić information content (AvgIpc) is 2.61. The summed E-state index contributed by atoms with van der Waals surface area (Å²) in [4.78, 5) is 3.27. The molecule has 2 rings (SSSR count). The van der Waals surface area contributed by atoms with Gasteiger partial charge in [-0.25, -0.2) is 0 Å². The number of para-hydroxylation sites is 1. The Kier molecular flexibility index (Phi) is 3.06. The van der Waals surface area contributed by atoms with E-state index in [1.54, 1.807) is 0 Å². The van der Waals surface area contributed by atoms with Gasteiger partial charge in [0.25, 0.3) is 0 Å². The Balaban J connectivity index is 2.27. The zero-order chi connectivity index (χ0) is 11.6. The van der Waals surface area contributed by atoms with Crippen molar-refractivity contribution in [1.82, 2.24) is 10.3 Å². The largest absolute Gasteiger partial charge is 0.361 e. The van der Waals surface area contributed by atoms with Gasteiger partial charge in [-0.05, 0) is 30.0 Å². The van der Waals surface area contributed by atoms with E-state index in [1.807, 2.05) is 19.2 Å². The fourth-order valence-electron chi connectivity index (χ4n) is 2.14. The number of H-pyrrole nitrogens is 1. The van der Waals surface area contributed by atoms with Gasteiger partial charge in [0, 0.05) is 17.1 Å². The van der Waals surface area contributed by atoms with Crippen molar-refractivity contribution in [3.63, 3.8) is 0 Å². The summed E-state index contributed by atoms with van der Waals surface area (Å²) in [5.41, 5.74) is 2.09. The molecule has 82 valence electrons. The predicted molar refractivity (Wildman–Crippen MR) is 69.8 cm³/mol. The Morgan fingerprint density at radius 2 is 2.12 bits per heavy atom. The highest BCUT2D eigenvalue weighted by Crippen LogP contribution is 2.21. The molecule has 0 aliphatic heterocycles. The van der Waals surface area contributed by atoms with E-state index in [0.29, 0.717) is 0 Å². The van der Waals surface area contributed by atoms with Gasteiger partial charge in [-0.1, -0.05) is 32.0 Å². The first-order chi connectivity index (χ1) is 7.62. The fraction of sp³-hybridized carbons (Fsp3) is 0.385. The second kappa shape index (κ2) is 4.34. The SMILES string of the molecule is [B]C(C)(Cc1c[nH]c2ccccc12)NCC. The topological polar surface area (TPSA) is 27.8 Å². The van der Waals surface area contributed by atoms with E-state index in [2.05, 4.69) is 35.4 Å². The minimum atomic E-state index is -0.348. The molecular formula is C13H17BN2. The highest BCUT2D eigenvalue weighted by Gasteiger charge is 2.17. The van der Waals surface area contributed by atoms with Crippen molar-refractivity contribution in [2.45, 2.75) is 25.7 Å². The van der Waals surface area contributed by atoms with Gasteiger partial charge in [-0.3, -0.25) is 0 Å². The first kappa shape index (κ1) is 11.3. The molecule has 0 saturated carbocycles. The number of aromatic amines is 1. The van der Waals surface area contributed by atoms with Gasteiger partial charge in [0.1, 0.15) is 0 Å². The third-order valence-electron chi connectivity index (χ3n) is 2.81. The highest BCUT2D eigenvalue weighted by molar-refractivity contribution is 6.15. The van der Waals surface area contributed by atoms with Crippen molar-refractivity contribution < 1.29 is 0 Å². The van der Waals surface area contributed by atoms with Crippen molar-refractivity contribution >= 4 is 18.7 Å². The van der Waals surface area contributed by atoms with Gasteiger partial charge < -0.3 is 10.3 Å². The molecule has 16 heavy (non-hydrogen) atoms. The Hall–Kier alpha value is -1.22. The van der Waals surface area contributed by atoms with Crippen LogP contribution in [0.1, 0.15) is 19.4 Å². The van der Waals surface area contributed by atoms with Crippen molar-refractivity contribution in [1.29, 1.82) is 0 Å². The number of hydrogen-bond donors (Lipinski definition) is 2. The van der Waals surface area contributed by atoms with E-state index in [9.17, 15) is 0 Å². The van der Waals surface area contributed by atoms with Gasteiger partial charge >= 0.3 is 0 Å². The lowest BCUT2D eigenvalue weighted by Crippen LogP contribution is -2.44. The van der Waals surface area contributed by atoms with Crippen LogP contribution in [0.5, 0.6) is 0 Å². The Morgan fingerprint density at radius 3 is 2.88 bits per heavy atom. The van der Waals surface area contributed by atoms with Crippen LogP contribution in [0.3, 0.4) is 0 Å². The second-order valence-electron chi connectivity index (χ2n) is 4.48. The number of likely N-dealkylation sites (N-methyl/N-ethyl adjacent to an activating group) is 1. The summed E-state index contributed by atoms with van der Waals surface area (Å²) in [5.74, 6) is 0. The molecule has 1 aromatic heterocycles. The number of benzene rings is 1. The summed E-state index contributed by atoms with van der Waals surface area (Å²) in [5, 5.41) is 4.55. The third-order valence-corrected chi connectivity index (χ3v) is 2.81. The van der Waals surface area contributed by atoms with Crippen LogP contribution < -0.4 is 5.32 Å². The summed E-state index contributed by atoms with van der Waals surface area (Å²) >= 11 is 0. The molecule has 0 aliphatic rings. The molecule has 0 aliphatic carbocycles. The van der Waals surface area contributed by atoms with Crippen molar-refractivity contribution in [3.8, 4) is 0 Å². The van der Waals surface area contributed by atoms with E-state index in [-0.39, 0.29) is 5.44 Å². The van der Waals surface area contributed by atoms with E-state index in [0.717, 1.165) is 13.0 Å². The molecule has 2 N–H and O–H groups in total. The van der Waals surface area contributed by atoms with Crippen LogP contribution in [0.4, 0.5) is 0 Å². The quantitative estimate of drug-likeness (QED) is 0.747. The number of rotatable bonds is 4. The van der Waals surface area contributed by atoms with Crippen LogP contribution >= 0.6 is 0 Å². The molecule has 0 spiro atoms. The molecule has 0 fully saturated rings. The molecule has 0 amide bonds. The van der Waals surface area contributed by atoms with Crippen LogP contribution in [0.2, 0.25) is 0 Å². The normalized spacial score (nSPS) is 15.1. The van der Waals surface area contributed by atoms with E-state index >= 15 is 0 Å². The molecule has 2 radical (unpaired) electrons. The van der Waals surface area contributed by atoms with Crippen LogP contribution in [0.25, 0.3) is 10.9 Å². The number of hydrogen-bond acceptors (Lipinski definition) is 1. The van der Waals surface area contributed by atoms with E-state index in [4.69, 9.17) is 7.85 Å². The zero-order valence-corrected chi connectivity index (χ0v) is 9.88. The minimum Gasteiger partial charge on any atom is -0.361 e. The maximum absolute atomic E-state index is 6.18. The van der Waals surface area contributed by atoms with Crippen molar-refractivity contribution in [2.24, 2.45) is 0 Å². The Bertz CT molecular complexity index is 473. The third kappa shape index (κ3) is 2.30. The van der Waals surface area contributed by atoms with Crippen LogP contribution in [-0.2, 0) is 6.42 Å². The second-order valence-corrected chi connectivity index (χ2v) is 4.48. The molecule has 1 aromatic carbocycles. The number of fused-ring (bicyclic) bond motifs is 1. The average molecular weight is 212 g/mol. The van der Waals surface area contributed by atoms with E-state index < -0.39 is 0 Å². The first-order valence-corrected chi connectivity index (χ1v) is 5.71. The number of nitrogens with one attached hydrogen (secondary N) is 2. The van der Waals surface area contributed by atoms with Gasteiger partial charge in [-0.15, -0.1) is 0 Å². The summed E-state index contributed by atoms with van der Waals surface area (Å²) in [6.45, 7) is 4.98. The lowest BCUT2D eigenvalue weighted by atomic mass is 9.75. The summed E-state index contributed by atoms with van der Waals surface area (Å²) < 4.78 is 0. The van der Waals surface area contributed by atoms with Crippen LogP contribution in [0, 0.1) is 0 Å². The highest BCUT2D eigenvalue weighted by atomic mass is 14.9. The molecule has 1 atom stereocenters. The summed E-state index contributed by atoms with van der Waals surface area (Å²) in [7, 11) is 6.18. The lowest BCUT2D eigenvalue weighted by Gasteiger charge is -2.26. The lowest BCUT2D eigenvalue weighted by molar-refractivity contribution is 0.504. The predicted octanol–water partition coefficient (Wildman–Crippen LogP) is 2.20. The van der Waals surface area contributed by atoms with Crippen molar-refractivity contribution in [3.05, 3.63) is 36.0 Å². The van der Waals surface area contributed by atoms with E-state index in [1.165, 1.54) is 16.5 Å². The zero-order valence-electron chi connectivity index (χ0n) is 9.88. The molecule has 0 saturated heterocycles. The smallest absolute Gasteiger partial charge is 0.0954 e. The van der Waals surface area contributed by atoms with Crippen LogP contribution in [0.15, 0.2) is 30.5 Å². The first-order valence-electron chi connectivity index (χ1n) is 5.71. The van der Waals surface area contributed by atoms with Crippen molar-refractivity contribution in [2.75, 3.05) is 6.54 Å². The molecule has 2 aromatic rings. The molecule has 1 heterocycles. The number of aromatic nitrogens is 1. The molecule has 0 bridgehead atoms. The van der Waals surface area contributed by atoms with Gasteiger partial charge in [0.05, 0.1) is 7.85 Å². The summed E-state index contributed by atoms with van der Waals surface area (Å²) in [6, 6.07) is 8.30. The minimum absolute atomic E-state index is 0.348. The standard InChI is InChI=1S/C13H17BN2/c1-3-16-13(2,14)8-10-9-15-12-7-5-4-6-11(10)12/h4-7,9,15-16H,3,8H2,1-2H3. The maximum Gasteiger partial charge on any atom is 0.0954 e. The monoisotopic (exact) mass is 212 g/mol. The molecule has 1 unspecified atom stereocenters. The molecule has 3 heteroatoms. The van der Waals surface area contributed by atoms with Gasteiger partial charge in [0.2, 0.25) is 0 Å². The van der Waals surface area contributed by atoms with Gasteiger partial charge in [0.15, 0.2) is 0 Å².